The van der Waals surface area contributed by atoms with Gasteiger partial charge in [0.05, 0.1) is 99.1 Å². The topological polar surface area (TPSA) is 73.8 Å². The van der Waals surface area contributed by atoms with E-state index < -0.39 is 8.32 Å². The maximum Gasteiger partial charge on any atom is 0.183 e. The molecular formula is C20H42O8Si. The summed E-state index contributed by atoms with van der Waals surface area (Å²) < 4.78 is 43.4. The summed E-state index contributed by atoms with van der Waals surface area (Å²) in [5.74, 6) is 0. The van der Waals surface area contributed by atoms with E-state index in [9.17, 15) is 0 Å². The Morgan fingerprint density at radius 1 is 0.483 bits per heavy atom. The van der Waals surface area contributed by atoms with Gasteiger partial charge >= 0.3 is 0 Å². The molecule has 0 unspecified atom stereocenters. The highest BCUT2D eigenvalue weighted by molar-refractivity contribution is 6.69. The molecule has 0 spiro atoms. The van der Waals surface area contributed by atoms with E-state index in [-0.39, 0.29) is 0 Å². The number of hydrogen-bond acceptors (Lipinski definition) is 8. The lowest BCUT2D eigenvalue weighted by atomic mass is 10.6. The van der Waals surface area contributed by atoms with Crippen molar-refractivity contribution in [3.8, 4) is 0 Å². The molecule has 8 nitrogen and oxygen atoms in total. The van der Waals surface area contributed by atoms with Gasteiger partial charge in [-0.05, 0) is 19.6 Å². The molecule has 0 saturated carbocycles. The molecule has 9 heteroatoms. The summed E-state index contributed by atoms with van der Waals surface area (Å²) in [4.78, 5) is 0. The second-order valence-corrected chi connectivity index (χ2v) is 11.5. The molecule has 0 aromatic rings. The fourth-order valence-electron chi connectivity index (χ4n) is 1.89. The van der Waals surface area contributed by atoms with Crippen molar-refractivity contribution in [2.75, 3.05) is 99.1 Å². The predicted octanol–water partition coefficient (Wildman–Crippen LogP) is 2.14. The van der Waals surface area contributed by atoms with Crippen LogP contribution in [0.3, 0.4) is 0 Å². The molecule has 0 N–H and O–H groups in total. The van der Waals surface area contributed by atoms with E-state index in [0.29, 0.717) is 99.1 Å². The monoisotopic (exact) mass is 438 g/mol. The number of ether oxygens (including phenoxy) is 7. The van der Waals surface area contributed by atoms with Crippen molar-refractivity contribution < 1.29 is 37.6 Å². The number of hydrogen-bond donors (Lipinski definition) is 0. The maximum atomic E-state index is 5.69. The van der Waals surface area contributed by atoms with E-state index in [4.69, 9.17) is 37.6 Å². The Bertz CT molecular complexity index is 339. The Hall–Kier alpha value is -0.363. The molecule has 0 bridgehead atoms. The van der Waals surface area contributed by atoms with Crippen LogP contribution in [-0.2, 0) is 37.6 Å². The van der Waals surface area contributed by atoms with Gasteiger partial charge in [0.15, 0.2) is 8.32 Å². The van der Waals surface area contributed by atoms with Crippen LogP contribution < -0.4 is 0 Å². The smallest absolute Gasteiger partial charge is 0.183 e. The van der Waals surface area contributed by atoms with Gasteiger partial charge in [-0.25, -0.2) is 0 Å². The summed E-state index contributed by atoms with van der Waals surface area (Å²) in [5.41, 5.74) is 0. The van der Waals surface area contributed by atoms with Gasteiger partial charge in [0, 0.05) is 0 Å². The molecule has 0 aromatic heterocycles. The lowest BCUT2D eigenvalue weighted by molar-refractivity contribution is -0.0206. The van der Waals surface area contributed by atoms with Crippen molar-refractivity contribution in [2.24, 2.45) is 0 Å². The summed E-state index contributed by atoms with van der Waals surface area (Å²) in [6, 6.07) is 0. The molecular weight excluding hydrogens is 396 g/mol. The average Bonchev–Trinajstić information content (AvgIpc) is 2.67. The molecule has 0 saturated heterocycles. The minimum Gasteiger partial charge on any atom is -0.415 e. The molecule has 0 aliphatic carbocycles. The molecule has 0 heterocycles. The average molecular weight is 439 g/mol. The first kappa shape index (κ1) is 28.6. The van der Waals surface area contributed by atoms with E-state index in [1.165, 1.54) is 0 Å². The third kappa shape index (κ3) is 27.6. The van der Waals surface area contributed by atoms with Crippen molar-refractivity contribution in [2.45, 2.75) is 19.6 Å². The number of rotatable bonds is 24. The Kier molecular flexibility index (Phi) is 22.0. The van der Waals surface area contributed by atoms with Gasteiger partial charge in [0.25, 0.3) is 0 Å². The van der Waals surface area contributed by atoms with Gasteiger partial charge < -0.3 is 37.6 Å². The molecule has 0 radical (unpaired) electrons. The van der Waals surface area contributed by atoms with Crippen LogP contribution in [0.1, 0.15) is 0 Å². The second kappa shape index (κ2) is 22.3. The minimum absolute atomic E-state index is 0.542. The highest BCUT2D eigenvalue weighted by Gasteiger charge is 2.12. The van der Waals surface area contributed by atoms with Crippen molar-refractivity contribution in [1.82, 2.24) is 0 Å². The van der Waals surface area contributed by atoms with Crippen LogP contribution in [0.4, 0.5) is 0 Å². The van der Waals surface area contributed by atoms with Gasteiger partial charge in [-0.1, -0.05) is 6.08 Å². The van der Waals surface area contributed by atoms with Crippen molar-refractivity contribution in [3.63, 3.8) is 0 Å². The molecule has 174 valence electrons. The lowest BCUT2D eigenvalue weighted by Crippen LogP contribution is -2.27. The Morgan fingerprint density at radius 2 is 0.759 bits per heavy atom. The summed E-state index contributed by atoms with van der Waals surface area (Å²) in [6.45, 7) is 18.5. The van der Waals surface area contributed by atoms with Crippen molar-refractivity contribution in [1.29, 1.82) is 0 Å². The Labute approximate surface area is 177 Å². The van der Waals surface area contributed by atoms with E-state index in [1.807, 2.05) is 0 Å². The van der Waals surface area contributed by atoms with Crippen LogP contribution in [0.25, 0.3) is 0 Å². The normalized spacial score (nSPS) is 11.8. The van der Waals surface area contributed by atoms with Crippen LogP contribution in [0.15, 0.2) is 12.7 Å². The zero-order valence-electron chi connectivity index (χ0n) is 18.7. The highest BCUT2D eigenvalue weighted by Crippen LogP contribution is 2.01. The third-order valence-corrected chi connectivity index (χ3v) is 4.30. The summed E-state index contributed by atoms with van der Waals surface area (Å²) >= 11 is 0. The van der Waals surface area contributed by atoms with Gasteiger partial charge in [-0.3, -0.25) is 0 Å². The van der Waals surface area contributed by atoms with Gasteiger partial charge in [-0.15, -0.1) is 6.58 Å². The standard InChI is InChI=1S/C20H42O8Si/c1-5-6-21-7-8-22-9-10-23-11-12-24-13-14-25-15-16-26-17-18-27-19-20-28-29(2,3)4/h5H,1,6-20H2,2-4H3. The highest BCUT2D eigenvalue weighted by atomic mass is 28.4. The SMILES string of the molecule is C=CCOCCOCCOCCOCCOCCOCCOCCO[Si](C)(C)C. The predicted molar refractivity (Wildman–Crippen MR) is 115 cm³/mol. The summed E-state index contributed by atoms with van der Waals surface area (Å²) in [5, 5.41) is 0. The largest absolute Gasteiger partial charge is 0.415 e. The zero-order valence-corrected chi connectivity index (χ0v) is 19.7. The van der Waals surface area contributed by atoms with Gasteiger partial charge in [0.2, 0.25) is 0 Å². The van der Waals surface area contributed by atoms with Crippen LogP contribution in [0.2, 0.25) is 19.6 Å². The summed E-state index contributed by atoms with van der Waals surface area (Å²) in [6.07, 6.45) is 1.71. The molecule has 0 fully saturated rings. The van der Waals surface area contributed by atoms with E-state index >= 15 is 0 Å². The van der Waals surface area contributed by atoms with Crippen molar-refractivity contribution >= 4 is 8.32 Å². The molecule has 29 heavy (non-hydrogen) atoms. The molecule has 0 rings (SSSR count). The molecule has 0 atom stereocenters. The van der Waals surface area contributed by atoms with Crippen LogP contribution in [0, 0.1) is 0 Å². The molecule has 0 amide bonds. The van der Waals surface area contributed by atoms with E-state index in [2.05, 4.69) is 26.2 Å². The molecule has 0 aliphatic rings. The van der Waals surface area contributed by atoms with Crippen LogP contribution in [-0.4, -0.2) is 107 Å². The third-order valence-electron chi connectivity index (χ3n) is 3.23. The van der Waals surface area contributed by atoms with Crippen LogP contribution >= 0.6 is 0 Å². The Morgan fingerprint density at radius 3 is 1.03 bits per heavy atom. The minimum atomic E-state index is -1.43. The quantitative estimate of drug-likeness (QED) is 0.129. The van der Waals surface area contributed by atoms with E-state index in [1.54, 1.807) is 6.08 Å². The van der Waals surface area contributed by atoms with Gasteiger partial charge in [0.1, 0.15) is 0 Å². The lowest BCUT2D eigenvalue weighted by Gasteiger charge is -2.16. The van der Waals surface area contributed by atoms with Crippen LogP contribution in [0.5, 0.6) is 0 Å². The summed E-state index contributed by atoms with van der Waals surface area (Å²) in [7, 11) is -1.43. The molecule has 0 aromatic carbocycles. The molecule has 0 aliphatic heterocycles. The van der Waals surface area contributed by atoms with Gasteiger partial charge in [-0.2, -0.15) is 0 Å². The van der Waals surface area contributed by atoms with E-state index in [0.717, 1.165) is 0 Å². The maximum absolute atomic E-state index is 5.69. The second-order valence-electron chi connectivity index (χ2n) is 7.00. The fourth-order valence-corrected chi connectivity index (χ4v) is 2.59. The zero-order chi connectivity index (χ0) is 21.5. The first-order valence-electron chi connectivity index (χ1n) is 10.4. The first-order valence-corrected chi connectivity index (χ1v) is 13.8. The Balaban J connectivity index is 3.02. The van der Waals surface area contributed by atoms with Crippen molar-refractivity contribution in [3.05, 3.63) is 12.7 Å². The fraction of sp³-hybridized carbons (Fsp3) is 0.900. The first-order chi connectivity index (χ1) is 14.1.